The van der Waals surface area contributed by atoms with Gasteiger partial charge in [-0.3, -0.25) is 0 Å². The first kappa shape index (κ1) is 28.0. The molecule has 0 aromatic rings. The molecule has 0 aliphatic rings. The van der Waals surface area contributed by atoms with Crippen LogP contribution in [0.15, 0.2) is 0 Å². The second-order valence-corrected chi connectivity index (χ2v) is 10.4. The van der Waals surface area contributed by atoms with Crippen LogP contribution in [0.1, 0.15) is 98.8 Å². The van der Waals surface area contributed by atoms with Crippen LogP contribution in [0.25, 0.3) is 0 Å². The molecule has 3 heteroatoms. The number of hydrogen-bond acceptors (Lipinski definition) is 0. The van der Waals surface area contributed by atoms with E-state index in [9.17, 15) is 0 Å². The number of alkyl halides is 3. The number of unbranched alkanes of at least 4 members (excludes halogenated alkanes) is 4. The molecule has 0 saturated heterocycles. The molecule has 0 rings (SSSR count). The van der Waals surface area contributed by atoms with Gasteiger partial charge in [0.2, 0.25) is 0 Å². The summed E-state index contributed by atoms with van der Waals surface area (Å²) in [6.07, 6.45) is 13.8. The largest absolute Gasteiger partial charge is 0.0864 e. The average Bonchev–Trinajstić information content (AvgIpc) is 2.47. The third-order valence-electron chi connectivity index (χ3n) is 2.99. The topological polar surface area (TPSA) is 0 Å². The van der Waals surface area contributed by atoms with Gasteiger partial charge in [0.1, 0.15) is 0 Å². The van der Waals surface area contributed by atoms with Gasteiger partial charge < -0.3 is 0 Å². The first-order chi connectivity index (χ1) is 9.99. The summed E-state index contributed by atoms with van der Waals surface area (Å²) in [6, 6.07) is 0. The van der Waals surface area contributed by atoms with Crippen molar-refractivity contribution in [3.8, 4) is 0 Å². The lowest BCUT2D eigenvalue weighted by molar-refractivity contribution is 0.710. The summed E-state index contributed by atoms with van der Waals surface area (Å²) < 4.78 is 3.12. The van der Waals surface area contributed by atoms with E-state index in [1.54, 1.807) is 0 Å². The molecule has 0 aliphatic heterocycles. The van der Waals surface area contributed by atoms with Crippen LogP contribution in [0, 0.1) is 0 Å². The summed E-state index contributed by atoms with van der Waals surface area (Å²) in [6.45, 7) is 11.2. The maximum Gasteiger partial charge on any atom is 0.0107 e. The summed E-state index contributed by atoms with van der Waals surface area (Å²) in [4.78, 5) is 0. The van der Waals surface area contributed by atoms with Crippen molar-refractivity contribution in [3.63, 3.8) is 0 Å². The molecule has 132 valence electrons. The lowest BCUT2D eigenvalue weighted by atomic mass is 10.2. The van der Waals surface area contributed by atoms with E-state index in [2.05, 4.69) is 102 Å². The van der Waals surface area contributed by atoms with Crippen LogP contribution < -0.4 is 0 Å². The number of halogens is 3. The molecular formula is C18H39I3. The lowest BCUT2D eigenvalue weighted by Crippen LogP contribution is -1.91. The van der Waals surface area contributed by atoms with Crippen LogP contribution in [-0.2, 0) is 0 Å². The fraction of sp³-hybridized carbons (Fsp3) is 1.00. The minimum atomic E-state index is 0.873. The van der Waals surface area contributed by atoms with E-state index in [1.165, 1.54) is 68.6 Å². The minimum absolute atomic E-state index is 0.873. The first-order valence-corrected chi connectivity index (χ1v) is 12.9. The molecule has 21 heavy (non-hydrogen) atoms. The molecule has 0 bridgehead atoms. The molecule has 0 spiro atoms. The van der Waals surface area contributed by atoms with Crippen LogP contribution in [0.5, 0.6) is 0 Å². The highest BCUT2D eigenvalue weighted by atomic mass is 127. The molecule has 0 N–H and O–H groups in total. The third kappa shape index (κ3) is 39.2. The summed E-state index contributed by atoms with van der Waals surface area (Å²) in [5.74, 6) is 0. The van der Waals surface area contributed by atoms with Gasteiger partial charge in [-0.2, -0.15) is 0 Å². The SMILES string of the molecule is CCCC(I)CC.CCCCC(C)I.CCCCCCI. The molecule has 0 aliphatic carbocycles. The monoisotopic (exact) mass is 636 g/mol. The molecule has 0 aromatic carbocycles. The smallest absolute Gasteiger partial charge is 0.0107 e. The Morgan fingerprint density at radius 3 is 1.52 bits per heavy atom. The van der Waals surface area contributed by atoms with Gasteiger partial charge in [0.25, 0.3) is 0 Å². The second-order valence-electron chi connectivity index (χ2n) is 5.47. The van der Waals surface area contributed by atoms with E-state index in [1.807, 2.05) is 0 Å². The highest BCUT2D eigenvalue weighted by Crippen LogP contribution is 2.11. The highest BCUT2D eigenvalue weighted by molar-refractivity contribution is 14.1. The molecule has 0 nitrogen and oxygen atoms in total. The number of rotatable bonds is 10. The standard InChI is InChI=1S/3C6H13I/c1-3-4-5-6(2)7;1-3-5-6(7)4-2;1-2-3-4-5-6-7/h2*6H,3-5H2,1-2H3;2-6H2,1H3. The van der Waals surface area contributed by atoms with Crippen molar-refractivity contribution in [1.29, 1.82) is 0 Å². The Labute approximate surface area is 177 Å². The van der Waals surface area contributed by atoms with E-state index in [4.69, 9.17) is 0 Å². The zero-order valence-corrected chi connectivity index (χ0v) is 21.5. The molecular weight excluding hydrogens is 597 g/mol. The first-order valence-electron chi connectivity index (χ1n) is 8.83. The highest BCUT2D eigenvalue weighted by Gasteiger charge is 1.94. The minimum Gasteiger partial charge on any atom is -0.0864 e. The third-order valence-corrected chi connectivity index (χ3v) is 5.88. The molecule has 0 saturated carbocycles. The summed E-state index contributed by atoms with van der Waals surface area (Å²) in [5, 5.41) is 0. The van der Waals surface area contributed by atoms with Gasteiger partial charge in [-0.05, 0) is 30.1 Å². The van der Waals surface area contributed by atoms with E-state index in [-0.39, 0.29) is 0 Å². The molecule has 0 amide bonds. The van der Waals surface area contributed by atoms with Gasteiger partial charge >= 0.3 is 0 Å². The van der Waals surface area contributed by atoms with Gasteiger partial charge in [0, 0.05) is 7.85 Å². The van der Waals surface area contributed by atoms with Gasteiger partial charge in [-0.15, -0.1) is 0 Å². The average molecular weight is 636 g/mol. The van der Waals surface area contributed by atoms with Crippen LogP contribution in [0.3, 0.4) is 0 Å². The Morgan fingerprint density at radius 2 is 1.29 bits per heavy atom. The summed E-state index contributed by atoms with van der Waals surface area (Å²) in [5.41, 5.74) is 0. The Hall–Kier alpha value is 2.19. The molecule has 0 fully saturated rings. The van der Waals surface area contributed by atoms with Gasteiger partial charge in [0.15, 0.2) is 0 Å². The predicted molar refractivity (Wildman–Crippen MR) is 129 cm³/mol. The van der Waals surface area contributed by atoms with Crippen LogP contribution in [0.2, 0.25) is 0 Å². The van der Waals surface area contributed by atoms with Crippen LogP contribution in [-0.4, -0.2) is 12.3 Å². The lowest BCUT2D eigenvalue weighted by Gasteiger charge is -2.00. The van der Waals surface area contributed by atoms with Crippen molar-refractivity contribution < 1.29 is 0 Å². The maximum absolute atomic E-state index is 2.51. The van der Waals surface area contributed by atoms with E-state index in [0.29, 0.717) is 0 Å². The van der Waals surface area contributed by atoms with E-state index < -0.39 is 0 Å². The van der Waals surface area contributed by atoms with Crippen molar-refractivity contribution in [1.82, 2.24) is 0 Å². The zero-order chi connectivity index (χ0) is 16.9. The van der Waals surface area contributed by atoms with Crippen molar-refractivity contribution in [2.45, 2.75) is 107 Å². The second kappa shape index (κ2) is 27.1. The Bertz CT molecular complexity index is 145. The molecule has 2 unspecified atom stereocenters. The van der Waals surface area contributed by atoms with Crippen molar-refractivity contribution in [3.05, 3.63) is 0 Å². The van der Waals surface area contributed by atoms with E-state index >= 15 is 0 Å². The van der Waals surface area contributed by atoms with Gasteiger partial charge in [0.05, 0.1) is 0 Å². The molecule has 2 atom stereocenters. The fourth-order valence-corrected chi connectivity index (χ4v) is 3.13. The summed E-state index contributed by atoms with van der Waals surface area (Å²) >= 11 is 7.40. The normalized spacial score (nSPS) is 12.6. The Kier molecular flexibility index (Phi) is 36.1. The quantitative estimate of drug-likeness (QED) is 0.128. The Balaban J connectivity index is -0.000000231. The molecule has 0 aromatic heterocycles. The van der Waals surface area contributed by atoms with Crippen molar-refractivity contribution in [2.75, 3.05) is 4.43 Å². The van der Waals surface area contributed by atoms with Gasteiger partial charge in [-0.25, -0.2) is 0 Å². The van der Waals surface area contributed by atoms with E-state index in [0.717, 1.165) is 7.85 Å². The van der Waals surface area contributed by atoms with Crippen LogP contribution in [0.4, 0.5) is 0 Å². The summed E-state index contributed by atoms with van der Waals surface area (Å²) in [7, 11) is 0. The van der Waals surface area contributed by atoms with Gasteiger partial charge in [-0.1, -0.05) is 141 Å². The fourth-order valence-electron chi connectivity index (χ4n) is 1.52. The zero-order valence-electron chi connectivity index (χ0n) is 15.1. The molecule has 0 heterocycles. The molecule has 0 radical (unpaired) electrons. The Morgan fingerprint density at radius 1 is 0.714 bits per heavy atom. The number of hydrogen-bond donors (Lipinski definition) is 0. The predicted octanol–water partition coefficient (Wildman–Crippen LogP) is 9.00. The van der Waals surface area contributed by atoms with Crippen molar-refractivity contribution in [2.24, 2.45) is 0 Å². The maximum atomic E-state index is 2.51. The van der Waals surface area contributed by atoms with Crippen LogP contribution >= 0.6 is 67.8 Å². The van der Waals surface area contributed by atoms with Crippen molar-refractivity contribution >= 4 is 67.8 Å².